The number of hydrogen-bond donors (Lipinski definition) is 1. The monoisotopic (exact) mass is 331 g/mol. The zero-order valence-corrected chi connectivity index (χ0v) is 12.1. The fourth-order valence-electron chi connectivity index (χ4n) is 1.98. The first-order valence-electron chi connectivity index (χ1n) is 6.11. The number of anilines is 1. The molecule has 20 heavy (non-hydrogen) atoms. The Balaban J connectivity index is 1.88. The zero-order valence-electron chi connectivity index (χ0n) is 10.5. The summed E-state index contributed by atoms with van der Waals surface area (Å²) in [5, 5.41) is 4.20. The first-order valence-corrected chi connectivity index (χ1v) is 6.91. The maximum atomic E-state index is 12.9. The van der Waals surface area contributed by atoms with Gasteiger partial charge >= 0.3 is 0 Å². The van der Waals surface area contributed by atoms with Crippen molar-refractivity contribution in [1.82, 2.24) is 9.97 Å². The van der Waals surface area contributed by atoms with Gasteiger partial charge in [-0.2, -0.15) is 0 Å². The Kier molecular flexibility index (Phi) is 3.60. The molecule has 2 aromatic carbocycles. The number of para-hydroxylation sites is 1. The van der Waals surface area contributed by atoms with Crippen molar-refractivity contribution in [1.29, 1.82) is 0 Å². The second-order valence-electron chi connectivity index (χ2n) is 4.34. The summed E-state index contributed by atoms with van der Waals surface area (Å²) in [6, 6.07) is 12.3. The number of nitrogens with one attached hydrogen (secondary N) is 1. The van der Waals surface area contributed by atoms with Gasteiger partial charge in [0.25, 0.3) is 0 Å². The highest BCUT2D eigenvalue weighted by molar-refractivity contribution is 9.10. The second kappa shape index (κ2) is 5.54. The molecule has 0 radical (unpaired) electrons. The molecular formula is C15H11BrFN3. The summed E-state index contributed by atoms with van der Waals surface area (Å²) >= 11 is 3.48. The van der Waals surface area contributed by atoms with Crippen LogP contribution in [-0.2, 0) is 6.54 Å². The van der Waals surface area contributed by atoms with Crippen molar-refractivity contribution in [3.05, 3.63) is 64.6 Å². The Labute approximate surface area is 124 Å². The number of hydrogen-bond acceptors (Lipinski definition) is 3. The zero-order chi connectivity index (χ0) is 13.9. The van der Waals surface area contributed by atoms with Crippen molar-refractivity contribution < 1.29 is 4.39 Å². The van der Waals surface area contributed by atoms with E-state index in [2.05, 4.69) is 31.2 Å². The Morgan fingerprint density at radius 2 is 1.85 bits per heavy atom. The van der Waals surface area contributed by atoms with Crippen molar-refractivity contribution >= 4 is 32.7 Å². The predicted octanol–water partition coefficient (Wildman–Crippen LogP) is 4.14. The van der Waals surface area contributed by atoms with Crippen LogP contribution in [0.5, 0.6) is 0 Å². The highest BCUT2D eigenvalue weighted by atomic mass is 79.9. The maximum absolute atomic E-state index is 12.9. The normalized spacial score (nSPS) is 10.7. The van der Waals surface area contributed by atoms with Crippen LogP contribution < -0.4 is 5.32 Å². The van der Waals surface area contributed by atoms with Gasteiger partial charge in [-0.15, -0.1) is 0 Å². The van der Waals surface area contributed by atoms with Crippen LogP contribution in [-0.4, -0.2) is 9.97 Å². The maximum Gasteiger partial charge on any atom is 0.137 e. The van der Waals surface area contributed by atoms with Crippen molar-refractivity contribution in [3.8, 4) is 0 Å². The van der Waals surface area contributed by atoms with E-state index in [0.29, 0.717) is 6.54 Å². The Bertz CT molecular complexity index is 744. The highest BCUT2D eigenvalue weighted by Gasteiger charge is 2.05. The summed E-state index contributed by atoms with van der Waals surface area (Å²) in [7, 11) is 0. The molecule has 0 atom stereocenters. The van der Waals surface area contributed by atoms with Gasteiger partial charge in [-0.25, -0.2) is 14.4 Å². The minimum Gasteiger partial charge on any atom is -0.365 e. The Morgan fingerprint density at radius 1 is 1.05 bits per heavy atom. The van der Waals surface area contributed by atoms with Crippen LogP contribution in [0.15, 0.2) is 53.3 Å². The third-order valence-corrected chi connectivity index (χ3v) is 3.63. The number of halogens is 2. The largest absolute Gasteiger partial charge is 0.365 e. The van der Waals surface area contributed by atoms with Crippen molar-refractivity contribution in [2.75, 3.05) is 5.32 Å². The Morgan fingerprint density at radius 3 is 2.65 bits per heavy atom. The van der Waals surface area contributed by atoms with Crippen LogP contribution in [0.1, 0.15) is 5.56 Å². The van der Waals surface area contributed by atoms with Crippen LogP contribution in [0.2, 0.25) is 0 Å². The average Bonchev–Trinajstić information content (AvgIpc) is 2.47. The van der Waals surface area contributed by atoms with Crippen molar-refractivity contribution in [2.45, 2.75) is 6.54 Å². The van der Waals surface area contributed by atoms with E-state index in [-0.39, 0.29) is 5.82 Å². The highest BCUT2D eigenvalue weighted by Crippen LogP contribution is 2.25. The molecule has 0 unspecified atom stereocenters. The number of nitrogens with zero attached hydrogens (tertiary/aromatic N) is 2. The van der Waals surface area contributed by atoms with Crippen molar-refractivity contribution in [3.63, 3.8) is 0 Å². The lowest BCUT2D eigenvalue weighted by Crippen LogP contribution is -2.02. The summed E-state index contributed by atoms with van der Waals surface area (Å²) in [6.07, 6.45) is 1.53. The van der Waals surface area contributed by atoms with E-state index in [1.165, 1.54) is 18.5 Å². The number of fused-ring (bicyclic) bond motifs is 1. The standard InChI is InChI=1S/C15H11BrFN3/c16-13-3-1-2-12-14(13)19-9-20-15(12)18-8-10-4-6-11(17)7-5-10/h1-7,9H,8H2,(H,18,19,20). The number of rotatable bonds is 3. The van der Waals surface area contributed by atoms with Crippen LogP contribution in [0.4, 0.5) is 10.2 Å². The number of aromatic nitrogens is 2. The van der Waals surface area contributed by atoms with E-state index < -0.39 is 0 Å². The molecule has 5 heteroatoms. The van der Waals surface area contributed by atoms with Crippen LogP contribution >= 0.6 is 15.9 Å². The molecule has 0 aliphatic heterocycles. The van der Waals surface area contributed by atoms with Crippen LogP contribution in [0.3, 0.4) is 0 Å². The molecule has 3 rings (SSSR count). The average molecular weight is 332 g/mol. The molecule has 0 spiro atoms. The van der Waals surface area contributed by atoms with Gasteiger partial charge in [0.1, 0.15) is 18.0 Å². The lowest BCUT2D eigenvalue weighted by molar-refractivity contribution is 0.627. The number of benzene rings is 2. The summed E-state index contributed by atoms with van der Waals surface area (Å²) in [6.45, 7) is 0.582. The third kappa shape index (κ3) is 2.63. The van der Waals surface area contributed by atoms with Crippen LogP contribution in [0.25, 0.3) is 10.9 Å². The predicted molar refractivity (Wildman–Crippen MR) is 81.0 cm³/mol. The SMILES string of the molecule is Fc1ccc(CNc2ncnc3c(Br)cccc23)cc1. The van der Waals surface area contributed by atoms with Gasteiger partial charge in [-0.3, -0.25) is 0 Å². The molecule has 0 saturated carbocycles. The molecule has 1 heterocycles. The van der Waals surface area contributed by atoms with Gasteiger partial charge in [0.05, 0.1) is 5.52 Å². The lowest BCUT2D eigenvalue weighted by Gasteiger charge is -2.09. The lowest BCUT2D eigenvalue weighted by atomic mass is 10.2. The quantitative estimate of drug-likeness (QED) is 0.783. The van der Waals surface area contributed by atoms with Gasteiger partial charge in [0, 0.05) is 16.4 Å². The van der Waals surface area contributed by atoms with Crippen molar-refractivity contribution in [2.24, 2.45) is 0 Å². The summed E-state index contributed by atoms with van der Waals surface area (Å²) < 4.78 is 13.8. The van der Waals surface area contributed by atoms with E-state index in [1.54, 1.807) is 12.1 Å². The molecule has 0 bridgehead atoms. The summed E-state index contributed by atoms with van der Waals surface area (Å²) in [4.78, 5) is 8.52. The summed E-state index contributed by atoms with van der Waals surface area (Å²) in [5.74, 6) is 0.533. The van der Waals surface area contributed by atoms with E-state index in [4.69, 9.17) is 0 Å². The second-order valence-corrected chi connectivity index (χ2v) is 5.19. The third-order valence-electron chi connectivity index (χ3n) is 2.99. The minimum absolute atomic E-state index is 0.231. The van der Waals surface area contributed by atoms with Gasteiger partial charge in [0.2, 0.25) is 0 Å². The molecular weight excluding hydrogens is 321 g/mol. The molecule has 0 aliphatic rings. The fourth-order valence-corrected chi connectivity index (χ4v) is 2.45. The molecule has 1 aromatic heterocycles. The first-order chi connectivity index (χ1) is 9.74. The Hall–Kier alpha value is -2.01. The molecule has 0 saturated heterocycles. The van der Waals surface area contributed by atoms with Gasteiger partial charge in [-0.1, -0.05) is 18.2 Å². The first kappa shape index (κ1) is 13.0. The molecule has 0 amide bonds. The summed E-state index contributed by atoms with van der Waals surface area (Å²) in [5.41, 5.74) is 1.86. The van der Waals surface area contributed by atoms with Crippen LogP contribution in [0, 0.1) is 5.82 Å². The molecule has 0 aliphatic carbocycles. The smallest absolute Gasteiger partial charge is 0.137 e. The van der Waals surface area contributed by atoms with E-state index in [1.807, 2.05) is 18.2 Å². The molecule has 3 nitrogen and oxygen atoms in total. The molecule has 0 fully saturated rings. The van der Waals surface area contributed by atoms with Gasteiger partial charge < -0.3 is 5.32 Å². The molecule has 3 aromatic rings. The van der Waals surface area contributed by atoms with Gasteiger partial charge in [0.15, 0.2) is 0 Å². The molecule has 100 valence electrons. The van der Waals surface area contributed by atoms with E-state index in [9.17, 15) is 4.39 Å². The minimum atomic E-state index is -0.231. The molecule has 1 N–H and O–H groups in total. The van der Waals surface area contributed by atoms with E-state index in [0.717, 1.165) is 26.8 Å². The van der Waals surface area contributed by atoms with E-state index >= 15 is 0 Å². The topological polar surface area (TPSA) is 37.8 Å². The van der Waals surface area contributed by atoms with Gasteiger partial charge in [-0.05, 0) is 45.8 Å². The fraction of sp³-hybridized carbons (Fsp3) is 0.0667.